The first kappa shape index (κ1) is 24.5. The molecule has 2 aliphatic rings. The van der Waals surface area contributed by atoms with Crippen molar-refractivity contribution in [1.82, 2.24) is 15.5 Å². The predicted molar refractivity (Wildman–Crippen MR) is 121 cm³/mol. The number of hydrogen-bond acceptors (Lipinski definition) is 7. The molecule has 33 heavy (non-hydrogen) atoms. The van der Waals surface area contributed by atoms with Gasteiger partial charge in [-0.2, -0.15) is 0 Å². The topological polar surface area (TPSA) is 151 Å². The van der Waals surface area contributed by atoms with Crippen molar-refractivity contribution in [2.45, 2.75) is 57.4 Å². The minimum atomic E-state index is -1.05. The zero-order valence-corrected chi connectivity index (χ0v) is 18.7. The molecule has 10 nitrogen and oxygen atoms in total. The third-order valence-electron chi connectivity index (χ3n) is 5.84. The lowest BCUT2D eigenvalue weighted by atomic mass is 10.0. The first-order valence-corrected chi connectivity index (χ1v) is 11.5. The summed E-state index contributed by atoms with van der Waals surface area (Å²) >= 11 is 0. The second-order valence-electron chi connectivity index (χ2n) is 8.31. The predicted octanol–water partition coefficient (Wildman–Crippen LogP) is 0.915. The molecule has 5 amide bonds. The Morgan fingerprint density at radius 3 is 2.48 bits per heavy atom. The third-order valence-corrected chi connectivity index (χ3v) is 5.84. The van der Waals surface area contributed by atoms with E-state index in [2.05, 4.69) is 16.0 Å². The lowest BCUT2D eigenvalue weighted by Crippen LogP contribution is -2.54. The molecule has 1 atom stereocenters. The van der Waals surface area contributed by atoms with Gasteiger partial charge in [-0.05, 0) is 44.5 Å². The van der Waals surface area contributed by atoms with E-state index in [1.807, 2.05) is 0 Å². The maximum atomic E-state index is 13.0. The molecule has 0 spiro atoms. The summed E-state index contributed by atoms with van der Waals surface area (Å²) in [5.74, 6) is -2.69. The van der Waals surface area contributed by atoms with Crippen molar-refractivity contribution in [2.24, 2.45) is 5.73 Å². The molecule has 2 heterocycles. The fourth-order valence-corrected chi connectivity index (χ4v) is 4.12. The fourth-order valence-electron chi connectivity index (χ4n) is 4.12. The van der Waals surface area contributed by atoms with E-state index in [1.54, 1.807) is 12.1 Å². The van der Waals surface area contributed by atoms with E-state index in [4.69, 9.17) is 5.73 Å². The molecule has 0 saturated carbocycles. The zero-order chi connectivity index (χ0) is 23.8. The third kappa shape index (κ3) is 6.02. The number of anilines is 1. The zero-order valence-electron chi connectivity index (χ0n) is 18.7. The van der Waals surface area contributed by atoms with Crippen molar-refractivity contribution in [3.05, 3.63) is 29.3 Å². The summed E-state index contributed by atoms with van der Waals surface area (Å²) in [6, 6.07) is 3.57. The Bertz CT molecular complexity index is 932. The molecule has 1 unspecified atom stereocenters. The Morgan fingerprint density at radius 1 is 1.03 bits per heavy atom. The van der Waals surface area contributed by atoms with Gasteiger partial charge in [0.1, 0.15) is 6.04 Å². The molecule has 1 aromatic carbocycles. The molecule has 10 heteroatoms. The minimum Gasteiger partial charge on any atom is -0.330 e. The summed E-state index contributed by atoms with van der Waals surface area (Å²) < 4.78 is 0. The van der Waals surface area contributed by atoms with Crippen molar-refractivity contribution in [3.8, 4) is 0 Å². The summed E-state index contributed by atoms with van der Waals surface area (Å²) in [6.45, 7) is 1.52. The number of fused-ring (bicyclic) bond motifs is 1. The van der Waals surface area contributed by atoms with Crippen molar-refractivity contribution in [1.29, 1.82) is 0 Å². The average molecular weight is 458 g/mol. The summed E-state index contributed by atoms with van der Waals surface area (Å²) in [5.41, 5.74) is 5.90. The lowest BCUT2D eigenvalue weighted by Gasteiger charge is -2.27. The number of benzene rings is 1. The highest BCUT2D eigenvalue weighted by Crippen LogP contribution is 2.32. The van der Waals surface area contributed by atoms with E-state index in [0.717, 1.165) is 43.5 Å². The molecule has 0 radical (unpaired) electrons. The second kappa shape index (κ2) is 11.7. The summed E-state index contributed by atoms with van der Waals surface area (Å²) in [6.07, 6.45) is 6.68. The molecule has 178 valence electrons. The highest BCUT2D eigenvalue weighted by atomic mass is 16.2. The summed E-state index contributed by atoms with van der Waals surface area (Å²) in [7, 11) is 0. The van der Waals surface area contributed by atoms with Gasteiger partial charge in [-0.25, -0.2) is 0 Å². The van der Waals surface area contributed by atoms with Gasteiger partial charge in [0.05, 0.1) is 23.4 Å². The molecule has 2 aliphatic heterocycles. The first-order valence-electron chi connectivity index (χ1n) is 11.5. The number of piperidine rings is 1. The smallest absolute Gasteiger partial charge is 0.264 e. The van der Waals surface area contributed by atoms with Gasteiger partial charge < -0.3 is 16.4 Å². The van der Waals surface area contributed by atoms with Gasteiger partial charge in [0, 0.05) is 6.42 Å². The van der Waals surface area contributed by atoms with Crippen molar-refractivity contribution < 1.29 is 24.0 Å². The Balaban J connectivity index is 1.52. The first-order chi connectivity index (χ1) is 15.9. The van der Waals surface area contributed by atoms with Crippen molar-refractivity contribution in [2.75, 3.05) is 25.0 Å². The number of nitrogens with one attached hydrogen (secondary N) is 3. The van der Waals surface area contributed by atoms with Gasteiger partial charge >= 0.3 is 0 Å². The average Bonchev–Trinajstić information content (AvgIpc) is 3.04. The van der Waals surface area contributed by atoms with Gasteiger partial charge in [-0.1, -0.05) is 31.7 Å². The highest BCUT2D eigenvalue weighted by molar-refractivity contribution is 6.26. The maximum Gasteiger partial charge on any atom is 0.264 e. The number of unbranched alkanes of at least 4 members (excludes halogenated alkanes) is 5. The van der Waals surface area contributed by atoms with E-state index < -0.39 is 29.7 Å². The molecule has 0 aromatic heterocycles. The fraction of sp³-hybridized carbons (Fsp3) is 0.522. The van der Waals surface area contributed by atoms with Crippen LogP contribution in [-0.2, 0) is 14.4 Å². The molecule has 5 N–H and O–H groups in total. The van der Waals surface area contributed by atoms with Gasteiger partial charge in [0.15, 0.2) is 0 Å². The maximum absolute atomic E-state index is 13.0. The largest absolute Gasteiger partial charge is 0.330 e. The quantitative estimate of drug-likeness (QED) is 0.269. The number of rotatable bonds is 12. The van der Waals surface area contributed by atoms with Crippen LogP contribution in [-0.4, -0.2) is 60.1 Å². The highest BCUT2D eigenvalue weighted by Gasteiger charge is 2.45. The Kier molecular flexibility index (Phi) is 8.67. The van der Waals surface area contributed by atoms with Crippen LogP contribution in [0.3, 0.4) is 0 Å². The van der Waals surface area contributed by atoms with E-state index in [1.165, 1.54) is 12.5 Å². The van der Waals surface area contributed by atoms with Crippen LogP contribution in [0, 0.1) is 0 Å². The Labute approximate surface area is 192 Å². The van der Waals surface area contributed by atoms with Crippen LogP contribution in [0.25, 0.3) is 0 Å². The number of hydrogen-bond donors (Lipinski definition) is 4. The molecule has 1 fully saturated rings. The molecule has 0 aliphatic carbocycles. The number of nitrogens with two attached hydrogens (primary N) is 1. The van der Waals surface area contributed by atoms with Crippen LogP contribution in [0.4, 0.5) is 5.69 Å². The summed E-state index contributed by atoms with van der Waals surface area (Å²) in [4.78, 5) is 62.7. The van der Waals surface area contributed by atoms with Crippen LogP contribution < -0.4 is 21.7 Å². The molecular formula is C23H31N5O5. The van der Waals surface area contributed by atoms with Crippen LogP contribution in [0.15, 0.2) is 18.2 Å². The minimum absolute atomic E-state index is 0.0484. The number of carbonyl (C=O) groups is 5. The number of amides is 5. The van der Waals surface area contributed by atoms with Gasteiger partial charge in [0.25, 0.3) is 11.8 Å². The standard InChI is InChI=1S/C23H31N5O5/c24-12-5-3-1-2-4-6-13-25-14-19(30)26-16-9-7-8-15-20(16)23(33)28(22(15)32)17-10-11-18(29)27-21(17)31/h7-9,17,25H,1-6,10-14,24H2,(H,26,30)(H,27,29,31). The van der Waals surface area contributed by atoms with Gasteiger partial charge in [-0.3, -0.25) is 34.2 Å². The van der Waals surface area contributed by atoms with E-state index in [9.17, 15) is 24.0 Å². The molecule has 0 bridgehead atoms. The van der Waals surface area contributed by atoms with Crippen molar-refractivity contribution in [3.63, 3.8) is 0 Å². The van der Waals surface area contributed by atoms with E-state index in [0.29, 0.717) is 6.54 Å². The molecular weight excluding hydrogens is 426 g/mol. The Morgan fingerprint density at radius 2 is 1.76 bits per heavy atom. The monoisotopic (exact) mass is 457 g/mol. The van der Waals surface area contributed by atoms with Crippen LogP contribution in [0.1, 0.15) is 72.1 Å². The van der Waals surface area contributed by atoms with E-state index >= 15 is 0 Å². The van der Waals surface area contributed by atoms with Gasteiger partial charge in [-0.15, -0.1) is 0 Å². The lowest BCUT2D eigenvalue weighted by molar-refractivity contribution is -0.136. The molecule has 3 rings (SSSR count). The van der Waals surface area contributed by atoms with Crippen LogP contribution in [0.5, 0.6) is 0 Å². The summed E-state index contributed by atoms with van der Waals surface area (Å²) in [5, 5.41) is 7.94. The molecule has 1 aromatic rings. The normalized spacial score (nSPS) is 17.8. The second-order valence-corrected chi connectivity index (χ2v) is 8.31. The van der Waals surface area contributed by atoms with E-state index in [-0.39, 0.29) is 42.1 Å². The van der Waals surface area contributed by atoms with Crippen LogP contribution in [0.2, 0.25) is 0 Å². The Hall–Kier alpha value is -3.11. The SMILES string of the molecule is NCCCCCCCCNCC(=O)Nc1cccc2c1C(=O)N(C1CCC(=O)NC1=O)C2=O. The number of imide groups is 2. The number of carbonyl (C=O) groups excluding carboxylic acids is 5. The molecule has 1 saturated heterocycles. The van der Waals surface area contributed by atoms with Crippen LogP contribution >= 0.6 is 0 Å². The van der Waals surface area contributed by atoms with Crippen molar-refractivity contribution >= 4 is 35.2 Å². The van der Waals surface area contributed by atoms with Gasteiger partial charge in [0.2, 0.25) is 17.7 Å². The number of nitrogens with zero attached hydrogens (tertiary/aromatic N) is 1.